The molecule has 1 aliphatic rings. The number of unbranched alkanes of at least 4 members (excludes halogenated alkanes) is 7. The summed E-state index contributed by atoms with van der Waals surface area (Å²) < 4.78 is 28.3. The molecule has 1 rings (SSSR count). The predicted octanol–water partition coefficient (Wildman–Crippen LogP) is 15.3. The van der Waals surface area contributed by atoms with Crippen molar-refractivity contribution in [3.05, 3.63) is 158 Å². The number of carboxylic acid groups (broad SMARTS) is 1. The number of aliphatic carboxylic acids is 1. The summed E-state index contributed by atoms with van der Waals surface area (Å²) in [6, 6.07) is 0. The van der Waals surface area contributed by atoms with E-state index < -0.39 is 67.3 Å². The topological polar surface area (TPSA) is 175 Å². The number of esters is 3. The molecule has 6 atom stereocenters. The van der Waals surface area contributed by atoms with Gasteiger partial charge in [-0.3, -0.25) is 14.4 Å². The van der Waals surface area contributed by atoms with Gasteiger partial charge in [-0.05, 0) is 128 Å². The fourth-order valence-electron chi connectivity index (χ4n) is 7.69. The number of carboxylic acids is 1. The van der Waals surface area contributed by atoms with Crippen molar-refractivity contribution in [3.63, 3.8) is 0 Å². The Hall–Kier alpha value is -5.66. The van der Waals surface area contributed by atoms with Crippen LogP contribution in [-0.4, -0.2) is 89.2 Å². The number of aliphatic hydroxyl groups excluding tert-OH is 2. The number of hydrogen-bond donors (Lipinski definition) is 3. The lowest BCUT2D eigenvalue weighted by Gasteiger charge is -2.40. The van der Waals surface area contributed by atoms with Crippen molar-refractivity contribution in [1.82, 2.24) is 0 Å². The van der Waals surface area contributed by atoms with Crippen LogP contribution < -0.4 is 0 Å². The molecule has 3 N–H and O–H groups in total. The summed E-state index contributed by atoms with van der Waals surface area (Å²) in [4.78, 5) is 51.1. The number of hydrogen-bond acceptors (Lipinski definition) is 11. The molecule has 0 aromatic rings. The summed E-state index contributed by atoms with van der Waals surface area (Å²) in [5, 5.41) is 31.4. The van der Waals surface area contributed by atoms with Crippen molar-refractivity contribution in [2.45, 2.75) is 225 Å². The molecular weight excluding hydrogens is 997 g/mol. The molecule has 0 aliphatic carbocycles. The van der Waals surface area contributed by atoms with Gasteiger partial charge >= 0.3 is 23.9 Å². The van der Waals surface area contributed by atoms with E-state index in [-0.39, 0.29) is 25.9 Å². The van der Waals surface area contributed by atoms with E-state index in [1.165, 1.54) is 0 Å². The largest absolute Gasteiger partial charge is 0.479 e. The van der Waals surface area contributed by atoms with Crippen LogP contribution >= 0.6 is 0 Å². The van der Waals surface area contributed by atoms with Gasteiger partial charge in [0.1, 0.15) is 18.8 Å². The number of carbonyl (C=O) groups is 4. The van der Waals surface area contributed by atoms with Crippen molar-refractivity contribution < 1.29 is 58.2 Å². The second kappa shape index (κ2) is 53.0. The van der Waals surface area contributed by atoms with E-state index in [1.807, 2.05) is 18.2 Å². The fourth-order valence-corrected chi connectivity index (χ4v) is 7.69. The van der Waals surface area contributed by atoms with Crippen LogP contribution in [0.5, 0.6) is 0 Å². The molecule has 1 heterocycles. The third kappa shape index (κ3) is 42.9. The van der Waals surface area contributed by atoms with Gasteiger partial charge in [0, 0.05) is 19.3 Å². The molecular formula is C67H100O12. The Kier molecular flexibility index (Phi) is 47.9. The number of allylic oxidation sites excluding steroid dienone is 26. The lowest BCUT2D eigenvalue weighted by molar-refractivity contribution is -0.301. The average Bonchev–Trinajstić information content (AvgIpc) is 3.44. The molecule has 0 radical (unpaired) electrons. The van der Waals surface area contributed by atoms with Crippen molar-refractivity contribution in [3.8, 4) is 0 Å². The minimum atomic E-state index is -1.94. The molecule has 0 bridgehead atoms. The van der Waals surface area contributed by atoms with E-state index in [0.29, 0.717) is 25.7 Å². The molecule has 1 fully saturated rings. The lowest BCUT2D eigenvalue weighted by Crippen LogP contribution is -2.61. The van der Waals surface area contributed by atoms with E-state index in [0.717, 1.165) is 122 Å². The van der Waals surface area contributed by atoms with E-state index >= 15 is 0 Å². The molecule has 0 aromatic carbocycles. The van der Waals surface area contributed by atoms with Crippen LogP contribution in [0.2, 0.25) is 0 Å². The first-order valence-electron chi connectivity index (χ1n) is 29.5. The van der Waals surface area contributed by atoms with E-state index in [1.54, 1.807) is 0 Å². The highest BCUT2D eigenvalue weighted by Crippen LogP contribution is 2.26. The molecule has 440 valence electrons. The van der Waals surface area contributed by atoms with Gasteiger partial charge in [0.25, 0.3) is 0 Å². The maximum Gasteiger partial charge on any atom is 0.335 e. The molecule has 1 aliphatic heterocycles. The minimum Gasteiger partial charge on any atom is -0.479 e. The number of ether oxygens (including phenoxy) is 5. The first-order chi connectivity index (χ1) is 38.6. The van der Waals surface area contributed by atoms with Gasteiger partial charge in [-0.15, -0.1) is 0 Å². The van der Waals surface area contributed by atoms with Crippen molar-refractivity contribution in [2.75, 3.05) is 13.2 Å². The zero-order valence-corrected chi connectivity index (χ0v) is 48.3. The summed E-state index contributed by atoms with van der Waals surface area (Å²) in [6.07, 6.45) is 65.1. The molecule has 79 heavy (non-hydrogen) atoms. The Balaban J connectivity index is 2.78. The summed E-state index contributed by atoms with van der Waals surface area (Å²) in [5.41, 5.74) is 0. The van der Waals surface area contributed by atoms with Crippen LogP contribution in [0.3, 0.4) is 0 Å². The van der Waals surface area contributed by atoms with E-state index in [2.05, 4.69) is 161 Å². The van der Waals surface area contributed by atoms with Gasteiger partial charge in [-0.25, -0.2) is 4.79 Å². The monoisotopic (exact) mass is 1100 g/mol. The Labute approximate surface area is 475 Å². The highest BCUT2D eigenvalue weighted by atomic mass is 16.7. The normalized spacial score (nSPS) is 19.0. The Morgan fingerprint density at radius 3 is 1.20 bits per heavy atom. The zero-order valence-electron chi connectivity index (χ0n) is 48.3. The number of aliphatic hydroxyl groups is 2. The predicted molar refractivity (Wildman–Crippen MR) is 321 cm³/mol. The molecule has 12 nitrogen and oxygen atoms in total. The first kappa shape index (κ1) is 71.4. The van der Waals surface area contributed by atoms with Gasteiger partial charge in [0.2, 0.25) is 0 Å². The summed E-state index contributed by atoms with van der Waals surface area (Å²) in [6.45, 7) is 5.54. The highest BCUT2D eigenvalue weighted by Gasteiger charge is 2.50. The third-order valence-electron chi connectivity index (χ3n) is 12.1. The SMILES string of the molecule is CC/C=C\C/C=C\C/C=C\C/C=C\C/C=C\CCCCCC(=O)OCC(COC1OC(C(=O)O)C(O)C(O)C1OC(=O)CC/C=C\C/C=C\C/C=C\C/C=C\CC)OC(=O)CCCCCC/C=C\C/C=C\C/C=C\C/C=C\CC. The van der Waals surface area contributed by atoms with Gasteiger partial charge in [0.05, 0.1) is 6.61 Å². The van der Waals surface area contributed by atoms with Crippen LogP contribution in [-0.2, 0) is 42.9 Å². The first-order valence-corrected chi connectivity index (χ1v) is 29.5. The summed E-state index contributed by atoms with van der Waals surface area (Å²) >= 11 is 0. The van der Waals surface area contributed by atoms with Gasteiger partial charge in [-0.2, -0.15) is 0 Å². The molecule has 0 amide bonds. The maximum absolute atomic E-state index is 13.2. The van der Waals surface area contributed by atoms with E-state index in [4.69, 9.17) is 23.7 Å². The van der Waals surface area contributed by atoms with Crippen molar-refractivity contribution in [2.24, 2.45) is 0 Å². The third-order valence-corrected chi connectivity index (χ3v) is 12.1. The zero-order chi connectivity index (χ0) is 57.5. The Morgan fingerprint density at radius 2 is 0.785 bits per heavy atom. The van der Waals surface area contributed by atoms with Crippen LogP contribution in [0.15, 0.2) is 158 Å². The second-order valence-electron chi connectivity index (χ2n) is 19.1. The second-order valence-corrected chi connectivity index (χ2v) is 19.1. The maximum atomic E-state index is 13.2. The molecule has 0 spiro atoms. The smallest absolute Gasteiger partial charge is 0.335 e. The summed E-state index contributed by atoms with van der Waals surface area (Å²) in [5.74, 6) is -3.33. The number of carbonyl (C=O) groups excluding carboxylic acids is 3. The highest BCUT2D eigenvalue weighted by molar-refractivity contribution is 5.74. The van der Waals surface area contributed by atoms with Crippen LogP contribution in [0, 0.1) is 0 Å². The molecule has 0 aromatic heterocycles. The van der Waals surface area contributed by atoms with Crippen LogP contribution in [0.4, 0.5) is 0 Å². The minimum absolute atomic E-state index is 0.0768. The molecule has 0 saturated carbocycles. The van der Waals surface area contributed by atoms with Gasteiger partial charge < -0.3 is 39.0 Å². The fraction of sp³-hybridized carbons (Fsp3) is 0.552. The number of rotatable bonds is 47. The Morgan fingerprint density at radius 1 is 0.418 bits per heavy atom. The van der Waals surface area contributed by atoms with E-state index in [9.17, 15) is 34.5 Å². The Bertz CT molecular complexity index is 1980. The standard InChI is InChI=1S/C67H100O12/c1-4-7-10-13-16-19-22-25-27-29-30-32-33-36-38-41-44-47-50-53-59(68)75-56-58(77-60(69)54-51-48-45-42-40-37-34-31-28-26-23-20-17-14-11-8-5-2)57-76-67-65(63(72)62(71)64(79-67)66(73)74)78-61(70)55-52-49-46-43-39-35-24-21-18-15-12-9-6-3/h7-12,16-21,25-28,30,32,34-39,46,49,58,62-65,67,71-72H,4-6,13-15,22-24,29,31,33,40-45,47-48,50-57H2,1-3H3,(H,73,74)/b10-7-,11-8-,12-9-,19-16-,20-17-,21-18-,27-25-,28-26-,32-30-,37-34-,38-36-,39-35-,49-46-. The summed E-state index contributed by atoms with van der Waals surface area (Å²) in [7, 11) is 0. The van der Waals surface area contributed by atoms with Crippen LogP contribution in [0.1, 0.15) is 188 Å². The van der Waals surface area contributed by atoms with Crippen molar-refractivity contribution >= 4 is 23.9 Å². The van der Waals surface area contributed by atoms with Crippen LogP contribution in [0.25, 0.3) is 0 Å². The van der Waals surface area contributed by atoms with Gasteiger partial charge in [0.15, 0.2) is 24.6 Å². The average molecular weight is 1100 g/mol. The quantitative estimate of drug-likeness (QED) is 0.0228. The lowest BCUT2D eigenvalue weighted by atomic mass is 9.98. The van der Waals surface area contributed by atoms with Crippen molar-refractivity contribution in [1.29, 1.82) is 0 Å². The molecule has 12 heteroatoms. The van der Waals surface area contributed by atoms with Gasteiger partial charge in [-0.1, -0.05) is 198 Å². The molecule has 6 unspecified atom stereocenters. The molecule has 1 saturated heterocycles.